The minimum absolute atomic E-state index is 0.496. The molecule has 1 atom stereocenters. The van der Waals surface area contributed by atoms with E-state index in [0.29, 0.717) is 6.04 Å². The second-order valence-electron chi connectivity index (χ2n) is 4.58. The predicted octanol–water partition coefficient (Wildman–Crippen LogP) is 2.14. The highest BCUT2D eigenvalue weighted by molar-refractivity contribution is 7.09. The molecule has 2 rings (SSSR count). The fourth-order valence-corrected chi connectivity index (χ4v) is 3.16. The molecule has 0 bridgehead atoms. The zero-order valence-electron chi connectivity index (χ0n) is 10.1. The quantitative estimate of drug-likeness (QED) is 0.872. The van der Waals surface area contributed by atoms with Crippen LogP contribution < -0.4 is 5.32 Å². The minimum atomic E-state index is 0.496. The molecule has 1 saturated heterocycles. The molecule has 0 spiro atoms. The molecule has 16 heavy (non-hydrogen) atoms. The Morgan fingerprint density at radius 3 is 2.88 bits per heavy atom. The van der Waals surface area contributed by atoms with Gasteiger partial charge in [-0.2, -0.15) is 0 Å². The number of hydrogen-bond acceptors (Lipinski definition) is 4. The predicted molar refractivity (Wildman–Crippen MR) is 68.8 cm³/mol. The Morgan fingerprint density at radius 1 is 1.56 bits per heavy atom. The summed E-state index contributed by atoms with van der Waals surface area (Å²) in [7, 11) is 2.05. The van der Waals surface area contributed by atoms with E-state index in [4.69, 9.17) is 0 Å². The van der Waals surface area contributed by atoms with Gasteiger partial charge >= 0.3 is 0 Å². The van der Waals surface area contributed by atoms with Crippen molar-refractivity contribution in [2.24, 2.45) is 5.92 Å². The van der Waals surface area contributed by atoms with Gasteiger partial charge < -0.3 is 5.32 Å². The smallest absolute Gasteiger partial charge is 0.109 e. The normalized spacial score (nSPS) is 21.1. The maximum atomic E-state index is 4.41. The first-order valence-corrected chi connectivity index (χ1v) is 6.97. The lowest BCUT2D eigenvalue weighted by Crippen LogP contribution is -2.38. The maximum Gasteiger partial charge on any atom is 0.109 e. The third kappa shape index (κ3) is 2.81. The number of thiazole rings is 1. The monoisotopic (exact) mass is 239 g/mol. The highest BCUT2D eigenvalue weighted by Crippen LogP contribution is 2.27. The van der Waals surface area contributed by atoms with Crippen molar-refractivity contribution in [3.8, 4) is 0 Å². The average Bonchev–Trinajstić information content (AvgIpc) is 2.83. The molecule has 0 aliphatic carbocycles. The largest absolute Gasteiger partial charge is 0.319 e. The molecule has 3 nitrogen and oxygen atoms in total. The van der Waals surface area contributed by atoms with E-state index in [1.165, 1.54) is 37.5 Å². The molecule has 4 heteroatoms. The summed E-state index contributed by atoms with van der Waals surface area (Å²) >= 11 is 1.77. The van der Waals surface area contributed by atoms with Crippen molar-refractivity contribution < 1.29 is 0 Å². The molecule has 1 aromatic rings. The Kier molecular flexibility index (Phi) is 4.32. The van der Waals surface area contributed by atoms with Gasteiger partial charge in [0, 0.05) is 11.6 Å². The molecule has 0 aromatic carbocycles. The van der Waals surface area contributed by atoms with Gasteiger partial charge in [-0.3, -0.25) is 4.90 Å². The van der Waals surface area contributed by atoms with Crippen LogP contribution in [0.5, 0.6) is 0 Å². The first-order chi connectivity index (χ1) is 7.81. The van der Waals surface area contributed by atoms with E-state index in [-0.39, 0.29) is 0 Å². The summed E-state index contributed by atoms with van der Waals surface area (Å²) in [6.45, 7) is 5.87. The molecule has 1 aliphatic heterocycles. The van der Waals surface area contributed by atoms with E-state index >= 15 is 0 Å². The Labute approximate surface area is 102 Å². The van der Waals surface area contributed by atoms with Gasteiger partial charge in [-0.25, -0.2) is 4.98 Å². The average molecular weight is 239 g/mol. The zero-order chi connectivity index (χ0) is 11.4. The number of nitrogens with zero attached hydrogens (tertiary/aromatic N) is 2. The zero-order valence-corrected chi connectivity index (χ0v) is 11.0. The highest BCUT2D eigenvalue weighted by Gasteiger charge is 2.24. The van der Waals surface area contributed by atoms with Crippen molar-refractivity contribution in [2.75, 3.05) is 26.7 Å². The summed E-state index contributed by atoms with van der Waals surface area (Å²) < 4.78 is 0. The molecular weight excluding hydrogens is 218 g/mol. The van der Waals surface area contributed by atoms with Crippen molar-refractivity contribution in [2.45, 2.75) is 25.8 Å². The van der Waals surface area contributed by atoms with Gasteiger partial charge in [-0.05, 0) is 52.4 Å². The topological polar surface area (TPSA) is 28.2 Å². The summed E-state index contributed by atoms with van der Waals surface area (Å²) in [5.41, 5.74) is 0. The van der Waals surface area contributed by atoms with Crippen LogP contribution >= 0.6 is 11.3 Å². The Balaban J connectivity index is 1.84. The van der Waals surface area contributed by atoms with E-state index in [9.17, 15) is 0 Å². The van der Waals surface area contributed by atoms with Crippen LogP contribution in [0.25, 0.3) is 0 Å². The highest BCUT2D eigenvalue weighted by atomic mass is 32.1. The Morgan fingerprint density at radius 2 is 2.31 bits per heavy atom. The van der Waals surface area contributed by atoms with Crippen LogP contribution in [0.4, 0.5) is 0 Å². The third-order valence-corrected chi connectivity index (χ3v) is 4.44. The lowest BCUT2D eigenvalue weighted by molar-refractivity contribution is 0.141. The molecule has 1 aliphatic rings. The summed E-state index contributed by atoms with van der Waals surface area (Å²) in [4.78, 5) is 6.97. The summed E-state index contributed by atoms with van der Waals surface area (Å²) in [5, 5.41) is 6.61. The van der Waals surface area contributed by atoms with Crippen LogP contribution in [0.1, 0.15) is 30.8 Å². The molecule has 0 radical (unpaired) electrons. The lowest BCUT2D eigenvalue weighted by atomic mass is 9.96. The van der Waals surface area contributed by atoms with Crippen LogP contribution in [0.2, 0.25) is 0 Å². The fraction of sp³-hybridized carbons (Fsp3) is 0.750. The minimum Gasteiger partial charge on any atom is -0.319 e. The van der Waals surface area contributed by atoms with Gasteiger partial charge in [0.05, 0.1) is 6.04 Å². The lowest BCUT2D eigenvalue weighted by Gasteiger charge is -2.35. The van der Waals surface area contributed by atoms with Crippen LogP contribution in [0, 0.1) is 5.92 Å². The number of hydrogen-bond donors (Lipinski definition) is 1. The van der Waals surface area contributed by atoms with Crippen LogP contribution in [-0.2, 0) is 0 Å². The second kappa shape index (κ2) is 5.75. The van der Waals surface area contributed by atoms with Gasteiger partial charge in [-0.1, -0.05) is 0 Å². The van der Waals surface area contributed by atoms with E-state index < -0.39 is 0 Å². The van der Waals surface area contributed by atoms with Gasteiger partial charge in [0.2, 0.25) is 0 Å². The van der Waals surface area contributed by atoms with Crippen molar-refractivity contribution in [3.05, 3.63) is 16.6 Å². The molecule has 2 heterocycles. The van der Waals surface area contributed by atoms with Gasteiger partial charge in [0.15, 0.2) is 0 Å². The van der Waals surface area contributed by atoms with Crippen molar-refractivity contribution >= 4 is 11.3 Å². The Bertz CT molecular complexity index is 291. The standard InChI is InChI=1S/C12H21N3S/c1-10(12-14-5-8-16-12)15-6-3-11(4-7-15)9-13-2/h5,8,10-11,13H,3-4,6-7,9H2,1-2H3. The first-order valence-electron chi connectivity index (χ1n) is 6.09. The number of likely N-dealkylation sites (tertiary alicyclic amines) is 1. The van der Waals surface area contributed by atoms with E-state index in [1.807, 2.05) is 13.2 Å². The van der Waals surface area contributed by atoms with E-state index in [2.05, 4.69) is 27.5 Å². The Hall–Kier alpha value is -0.450. The van der Waals surface area contributed by atoms with Crippen LogP contribution in [0.15, 0.2) is 11.6 Å². The first kappa shape index (κ1) is 12.0. The van der Waals surface area contributed by atoms with E-state index in [0.717, 1.165) is 5.92 Å². The summed E-state index contributed by atoms with van der Waals surface area (Å²) in [6.07, 6.45) is 4.54. The molecule has 1 aromatic heterocycles. The SMILES string of the molecule is CNCC1CCN(C(C)c2nccs2)CC1. The van der Waals surface area contributed by atoms with Gasteiger partial charge in [0.1, 0.15) is 5.01 Å². The van der Waals surface area contributed by atoms with Crippen molar-refractivity contribution in [1.29, 1.82) is 0 Å². The maximum absolute atomic E-state index is 4.41. The molecule has 0 amide bonds. The summed E-state index contributed by atoms with van der Waals surface area (Å²) in [5.74, 6) is 0.866. The number of rotatable bonds is 4. The summed E-state index contributed by atoms with van der Waals surface area (Å²) in [6, 6.07) is 0.496. The molecule has 1 fully saturated rings. The molecule has 1 unspecified atom stereocenters. The molecule has 0 saturated carbocycles. The van der Waals surface area contributed by atoms with Crippen LogP contribution in [-0.4, -0.2) is 36.6 Å². The van der Waals surface area contributed by atoms with Crippen LogP contribution in [0.3, 0.4) is 0 Å². The third-order valence-electron chi connectivity index (χ3n) is 3.50. The fourth-order valence-electron chi connectivity index (χ4n) is 2.43. The molecule has 1 N–H and O–H groups in total. The molecule has 90 valence electrons. The van der Waals surface area contributed by atoms with E-state index in [1.54, 1.807) is 11.3 Å². The van der Waals surface area contributed by atoms with Gasteiger partial charge in [0.25, 0.3) is 0 Å². The van der Waals surface area contributed by atoms with Gasteiger partial charge in [-0.15, -0.1) is 11.3 Å². The van der Waals surface area contributed by atoms with Crippen molar-refractivity contribution in [1.82, 2.24) is 15.2 Å². The number of aromatic nitrogens is 1. The number of nitrogens with one attached hydrogen (secondary N) is 1. The van der Waals surface area contributed by atoms with Crippen molar-refractivity contribution in [3.63, 3.8) is 0 Å². The molecular formula is C12H21N3S. The second-order valence-corrected chi connectivity index (χ2v) is 5.51. The number of piperidine rings is 1.